The van der Waals surface area contributed by atoms with Gasteiger partial charge in [0, 0.05) is 113 Å². The van der Waals surface area contributed by atoms with Crippen LogP contribution in [0.15, 0.2) is 176 Å². The molecule has 8 aromatic carbocycles. The number of aliphatic carboxylic acids is 4. The number of hydrogen-bond acceptors (Lipinski definition) is 8. The Hall–Kier alpha value is -11.9. The van der Waals surface area contributed by atoms with Crippen LogP contribution in [0.4, 0.5) is 43.9 Å². The van der Waals surface area contributed by atoms with Crippen LogP contribution in [0.2, 0.25) is 5.02 Å². The number of carbonyl (C=O) groups excluding carboxylic acids is 4. The van der Waals surface area contributed by atoms with Crippen molar-refractivity contribution in [3.63, 3.8) is 0 Å². The number of nitrogens with one attached hydrogen (secondary N) is 4. The lowest BCUT2D eigenvalue weighted by Crippen LogP contribution is -2.17. The van der Waals surface area contributed by atoms with Gasteiger partial charge >= 0.3 is 23.9 Å². The molecule has 12 aromatic rings. The van der Waals surface area contributed by atoms with Crippen LogP contribution in [-0.2, 0) is 19.2 Å². The Morgan fingerprint density at radius 2 is 0.616 bits per heavy atom. The predicted molar refractivity (Wildman–Crippen MR) is 341 cm³/mol. The standard InChI is InChI=1S/C18H12ClF2NO3.2C18H12F3NO3.C18H13F2NO3/c19-14-3-1-2-10-13(8-22-17(10)14)12(18(24)25)7-16(23)11-5-4-9(20)6-15(11)21;19-9-2-4-16-12(5-9)14(8-22-16)13(18(24)25)7-17(23)11-3-1-10(20)6-15(11)21;19-9-2-4-12(15(21)5-9)17(23)7-13(18(24)25)14-8-22-16-6-10(20)1-3-11(14)16;19-10-5-6-12(15(20)7-10)17(22)8-13(18(23)24)14-9-21-16-4-2-1-3-11(14)16/h1-6,8,12,22H,7H2,(H,24,25);2*1-6,8,13,22H,7H2,(H,24,25);1-7,9,13,21H,8H2,(H,23,24). The summed E-state index contributed by atoms with van der Waals surface area (Å²) in [4.78, 5) is 107. The number of ketones is 4. The molecule has 4 atom stereocenters. The monoisotopic (exact) mass is 1390 g/mol. The number of carboxylic acid groups (broad SMARTS) is 4. The third-order valence-electron chi connectivity index (χ3n) is 15.8. The molecular weight excluding hydrogens is 1340 g/mol. The van der Waals surface area contributed by atoms with Crippen molar-refractivity contribution in [3.8, 4) is 0 Å². The van der Waals surface area contributed by atoms with Gasteiger partial charge < -0.3 is 40.4 Å². The molecule has 0 spiro atoms. The summed E-state index contributed by atoms with van der Waals surface area (Å²) in [7, 11) is 0. The molecule has 16 nitrogen and oxygen atoms in total. The highest BCUT2D eigenvalue weighted by atomic mass is 35.5. The van der Waals surface area contributed by atoms with Crippen LogP contribution in [0.25, 0.3) is 43.6 Å². The van der Waals surface area contributed by atoms with E-state index >= 15 is 0 Å². The molecule has 27 heteroatoms. The molecule has 0 aliphatic carbocycles. The van der Waals surface area contributed by atoms with Crippen molar-refractivity contribution in [1.29, 1.82) is 0 Å². The van der Waals surface area contributed by atoms with E-state index in [2.05, 4.69) is 19.9 Å². The molecular formula is C72H49ClF10N4O12. The van der Waals surface area contributed by atoms with E-state index in [0.717, 1.165) is 54.0 Å². The van der Waals surface area contributed by atoms with Crippen molar-refractivity contribution in [1.82, 2.24) is 19.9 Å². The molecule has 99 heavy (non-hydrogen) atoms. The second-order valence-electron chi connectivity index (χ2n) is 22.1. The summed E-state index contributed by atoms with van der Waals surface area (Å²) in [5.41, 5.74) is 2.13. The lowest BCUT2D eigenvalue weighted by atomic mass is 9.91. The molecule has 0 bridgehead atoms. The highest BCUT2D eigenvalue weighted by molar-refractivity contribution is 6.35. The number of Topliss-reactive ketones (excluding diaryl/α,β-unsaturated/α-hetero) is 4. The van der Waals surface area contributed by atoms with Crippen LogP contribution in [0.5, 0.6) is 0 Å². The van der Waals surface area contributed by atoms with E-state index in [1.54, 1.807) is 42.5 Å². The van der Waals surface area contributed by atoms with E-state index in [9.17, 15) is 103 Å². The predicted octanol–water partition coefficient (Wildman–Crippen LogP) is 16.5. The summed E-state index contributed by atoms with van der Waals surface area (Å²) in [5.74, 6) is -21.2. The average molecular weight is 1390 g/mol. The highest BCUT2D eigenvalue weighted by Gasteiger charge is 2.32. The second-order valence-corrected chi connectivity index (χ2v) is 22.5. The number of aromatic amines is 4. The molecule has 0 fully saturated rings. The quantitative estimate of drug-likeness (QED) is 0.0261. The van der Waals surface area contributed by atoms with E-state index in [-0.39, 0.29) is 22.3 Å². The van der Waals surface area contributed by atoms with E-state index in [0.29, 0.717) is 84.1 Å². The van der Waals surface area contributed by atoms with Gasteiger partial charge in [-0.15, -0.1) is 0 Å². The molecule has 0 aliphatic rings. The van der Waals surface area contributed by atoms with Crippen LogP contribution in [0, 0.1) is 58.2 Å². The van der Waals surface area contributed by atoms with Crippen LogP contribution in [0.3, 0.4) is 0 Å². The topological polar surface area (TPSA) is 281 Å². The number of benzene rings is 8. The molecule has 4 heterocycles. The van der Waals surface area contributed by atoms with Crippen LogP contribution < -0.4 is 0 Å². The summed E-state index contributed by atoms with van der Waals surface area (Å²) in [5, 5.41) is 40.4. The number of carbonyl (C=O) groups is 8. The van der Waals surface area contributed by atoms with E-state index < -0.39 is 160 Å². The molecule has 4 aromatic heterocycles. The smallest absolute Gasteiger partial charge is 0.311 e. The van der Waals surface area contributed by atoms with Gasteiger partial charge in [0.25, 0.3) is 0 Å². The molecule has 0 saturated heterocycles. The molecule has 0 saturated carbocycles. The van der Waals surface area contributed by atoms with E-state index in [4.69, 9.17) is 11.6 Å². The molecule has 8 N–H and O–H groups in total. The van der Waals surface area contributed by atoms with E-state index in [1.807, 2.05) is 0 Å². The third kappa shape index (κ3) is 16.7. The average Bonchev–Trinajstić information content (AvgIpc) is 1.69. The fourth-order valence-electron chi connectivity index (χ4n) is 11.0. The van der Waals surface area contributed by atoms with Gasteiger partial charge in [0.15, 0.2) is 23.1 Å². The zero-order valence-electron chi connectivity index (χ0n) is 50.6. The minimum absolute atomic E-state index is 0.220. The van der Waals surface area contributed by atoms with Gasteiger partial charge in [-0.3, -0.25) is 38.4 Å². The maximum Gasteiger partial charge on any atom is 0.311 e. The number of rotatable bonds is 20. The van der Waals surface area contributed by atoms with Gasteiger partial charge in [0.1, 0.15) is 58.2 Å². The van der Waals surface area contributed by atoms with Gasteiger partial charge in [-0.1, -0.05) is 41.9 Å². The van der Waals surface area contributed by atoms with Gasteiger partial charge in [0.05, 0.1) is 56.5 Å². The molecule has 0 aliphatic heterocycles. The van der Waals surface area contributed by atoms with Crippen molar-refractivity contribution < 1.29 is 103 Å². The summed E-state index contributed by atoms with van der Waals surface area (Å²) in [6.07, 6.45) is 3.86. The van der Waals surface area contributed by atoms with Crippen molar-refractivity contribution in [2.24, 2.45) is 0 Å². The lowest BCUT2D eigenvalue weighted by Gasteiger charge is -2.11. The fraction of sp³-hybridized carbons (Fsp3) is 0.111. The number of para-hydroxylation sites is 2. The normalized spacial score (nSPS) is 12.3. The molecule has 0 radical (unpaired) electrons. The van der Waals surface area contributed by atoms with Crippen molar-refractivity contribution in [3.05, 3.63) is 284 Å². The van der Waals surface area contributed by atoms with Gasteiger partial charge in [0.2, 0.25) is 0 Å². The molecule has 4 unspecified atom stereocenters. The van der Waals surface area contributed by atoms with Crippen molar-refractivity contribution >= 4 is 102 Å². The van der Waals surface area contributed by atoms with Crippen LogP contribution in [-0.4, -0.2) is 87.4 Å². The maximum atomic E-state index is 13.8. The van der Waals surface area contributed by atoms with Crippen LogP contribution in [0.1, 0.15) is 113 Å². The SMILES string of the molecule is O=C(CC(C(=O)O)c1c[nH]c2c(Cl)cccc12)c1ccc(F)cc1F.O=C(CC(C(=O)O)c1c[nH]c2cc(F)ccc12)c1ccc(F)cc1F.O=C(CC(C(=O)O)c1c[nH]c2ccc(F)cc12)c1ccc(F)cc1F.O=C(CC(C(=O)O)c1c[nH]c2ccccc12)c1ccc(F)cc1F. The van der Waals surface area contributed by atoms with Crippen LogP contribution >= 0.6 is 11.6 Å². The first-order valence-electron chi connectivity index (χ1n) is 29.3. The fourth-order valence-corrected chi connectivity index (χ4v) is 11.2. The number of carboxylic acids is 4. The lowest BCUT2D eigenvalue weighted by molar-refractivity contribution is -0.139. The zero-order chi connectivity index (χ0) is 71.7. The van der Waals surface area contributed by atoms with Gasteiger partial charge in [-0.2, -0.15) is 0 Å². The summed E-state index contributed by atoms with van der Waals surface area (Å²) < 4.78 is 134. The third-order valence-corrected chi connectivity index (χ3v) is 16.2. The zero-order valence-corrected chi connectivity index (χ0v) is 51.3. The number of aromatic nitrogens is 4. The first kappa shape index (κ1) is 71.4. The van der Waals surface area contributed by atoms with Gasteiger partial charge in [-0.25, -0.2) is 43.9 Å². The maximum absolute atomic E-state index is 13.8. The Bertz CT molecular complexity index is 5060. The molecule has 12 rings (SSSR count). The Morgan fingerprint density at radius 1 is 0.313 bits per heavy atom. The minimum Gasteiger partial charge on any atom is -0.481 e. The summed E-state index contributed by atoms with van der Waals surface area (Å²) in [6, 6.07) is 29.9. The van der Waals surface area contributed by atoms with Crippen molar-refractivity contribution in [2.75, 3.05) is 0 Å². The number of hydrogen-bond donors (Lipinski definition) is 8. The molecule has 0 amide bonds. The van der Waals surface area contributed by atoms with Gasteiger partial charge in [-0.05, 0) is 119 Å². The Balaban J connectivity index is 0.000000154. The summed E-state index contributed by atoms with van der Waals surface area (Å²) >= 11 is 6.06. The largest absolute Gasteiger partial charge is 0.481 e. The number of fused-ring (bicyclic) bond motifs is 4. The minimum atomic E-state index is -1.30. The summed E-state index contributed by atoms with van der Waals surface area (Å²) in [6.45, 7) is 0. The number of H-pyrrole nitrogens is 4. The first-order valence-corrected chi connectivity index (χ1v) is 29.6. The Morgan fingerprint density at radius 3 is 1.02 bits per heavy atom. The first-order chi connectivity index (χ1) is 47.1. The Kier molecular flexibility index (Phi) is 22.2. The molecule has 506 valence electrons. The van der Waals surface area contributed by atoms with E-state index in [1.165, 1.54) is 61.2 Å². The Labute approximate surface area is 556 Å². The van der Waals surface area contributed by atoms with Crippen molar-refractivity contribution in [2.45, 2.75) is 49.4 Å². The number of halogens is 11. The second kappa shape index (κ2) is 30.9. The highest BCUT2D eigenvalue weighted by Crippen LogP contribution is 2.36.